The largest absolute Gasteiger partial charge is 0.350 e. The van der Waals surface area contributed by atoms with Gasteiger partial charge in [-0.05, 0) is 31.7 Å². The fourth-order valence-electron chi connectivity index (χ4n) is 2.92. The van der Waals surface area contributed by atoms with Crippen molar-refractivity contribution in [3.8, 4) is 0 Å². The summed E-state index contributed by atoms with van der Waals surface area (Å²) < 4.78 is 1.79. The predicted octanol–water partition coefficient (Wildman–Crippen LogP) is 1.87. The number of anilines is 1. The number of hydrogen-bond acceptors (Lipinski definition) is 4. The van der Waals surface area contributed by atoms with Gasteiger partial charge >= 0.3 is 0 Å². The Bertz CT molecular complexity index is 491. The maximum absolute atomic E-state index is 12.6. The molecule has 1 N–H and O–H groups in total. The molecule has 0 radical (unpaired) electrons. The van der Waals surface area contributed by atoms with Crippen LogP contribution in [0.2, 0.25) is 0 Å². The van der Waals surface area contributed by atoms with E-state index in [1.54, 1.807) is 17.0 Å². The minimum absolute atomic E-state index is 0.0395. The Balaban J connectivity index is 2.20. The second kappa shape index (κ2) is 7.59. The molecule has 5 heteroatoms. The lowest BCUT2D eigenvalue weighted by Crippen LogP contribution is -2.42. The van der Waals surface area contributed by atoms with Gasteiger partial charge in [-0.25, -0.2) is 4.98 Å². The average molecular weight is 292 g/mol. The second-order valence-electron chi connectivity index (χ2n) is 6.34. The second-order valence-corrected chi connectivity index (χ2v) is 6.34. The minimum Gasteiger partial charge on any atom is -0.350 e. The van der Waals surface area contributed by atoms with Gasteiger partial charge in [-0.3, -0.25) is 4.79 Å². The summed E-state index contributed by atoms with van der Waals surface area (Å²) in [5.41, 5.74) is 0.0395. The standard InChI is InChI=1S/C16H28N4O/c1-4-9-19(12-14-6-5-7-17-14)15-16(21)20(10-8-18-15)11-13(2)3/h8,10,13-14,17H,4-7,9,11-12H2,1-3H3. The molecule has 1 aromatic heterocycles. The van der Waals surface area contributed by atoms with Gasteiger partial charge in [0.15, 0.2) is 5.82 Å². The Hall–Kier alpha value is -1.36. The van der Waals surface area contributed by atoms with Crippen molar-refractivity contribution >= 4 is 5.82 Å². The summed E-state index contributed by atoms with van der Waals surface area (Å²) in [7, 11) is 0. The van der Waals surface area contributed by atoms with E-state index < -0.39 is 0 Å². The van der Waals surface area contributed by atoms with E-state index >= 15 is 0 Å². The number of nitrogens with zero attached hydrogens (tertiary/aromatic N) is 3. The zero-order valence-corrected chi connectivity index (χ0v) is 13.5. The monoisotopic (exact) mass is 292 g/mol. The molecule has 0 saturated carbocycles. The number of aromatic nitrogens is 2. The first kappa shape index (κ1) is 16.0. The average Bonchev–Trinajstić information content (AvgIpc) is 2.93. The first-order valence-corrected chi connectivity index (χ1v) is 8.15. The van der Waals surface area contributed by atoms with Crippen LogP contribution >= 0.6 is 0 Å². The molecule has 21 heavy (non-hydrogen) atoms. The third-order valence-electron chi connectivity index (χ3n) is 3.85. The highest BCUT2D eigenvalue weighted by Gasteiger charge is 2.20. The van der Waals surface area contributed by atoms with E-state index in [0.717, 1.165) is 32.6 Å². The molecule has 2 heterocycles. The van der Waals surface area contributed by atoms with Gasteiger partial charge in [0.05, 0.1) is 0 Å². The molecule has 0 amide bonds. The van der Waals surface area contributed by atoms with E-state index in [0.29, 0.717) is 17.8 Å². The first-order valence-electron chi connectivity index (χ1n) is 8.15. The van der Waals surface area contributed by atoms with Crippen molar-refractivity contribution in [1.29, 1.82) is 0 Å². The highest BCUT2D eigenvalue weighted by molar-refractivity contribution is 5.36. The van der Waals surface area contributed by atoms with Gasteiger partial charge in [-0.1, -0.05) is 20.8 Å². The van der Waals surface area contributed by atoms with E-state index in [-0.39, 0.29) is 5.56 Å². The van der Waals surface area contributed by atoms with Crippen LogP contribution in [0.5, 0.6) is 0 Å². The van der Waals surface area contributed by atoms with Gasteiger partial charge < -0.3 is 14.8 Å². The molecule has 1 atom stereocenters. The molecule has 1 aromatic rings. The fraction of sp³-hybridized carbons (Fsp3) is 0.750. The highest BCUT2D eigenvalue weighted by Crippen LogP contribution is 2.11. The number of nitrogens with one attached hydrogen (secondary N) is 1. The van der Waals surface area contributed by atoms with Crippen LogP contribution in [-0.2, 0) is 6.54 Å². The van der Waals surface area contributed by atoms with Crippen molar-refractivity contribution < 1.29 is 0 Å². The molecular weight excluding hydrogens is 264 g/mol. The summed E-state index contributed by atoms with van der Waals surface area (Å²) in [6, 6.07) is 0.483. The molecule has 118 valence electrons. The van der Waals surface area contributed by atoms with Crippen molar-refractivity contribution in [3.63, 3.8) is 0 Å². The van der Waals surface area contributed by atoms with Gasteiger partial charge in [-0.15, -0.1) is 0 Å². The molecular formula is C16H28N4O. The summed E-state index contributed by atoms with van der Waals surface area (Å²) in [6.07, 6.45) is 6.98. The van der Waals surface area contributed by atoms with Crippen LogP contribution in [0, 0.1) is 5.92 Å². The Morgan fingerprint density at radius 2 is 2.33 bits per heavy atom. The zero-order valence-electron chi connectivity index (χ0n) is 13.5. The molecule has 0 aliphatic carbocycles. The van der Waals surface area contributed by atoms with Crippen molar-refractivity contribution in [2.75, 3.05) is 24.5 Å². The summed E-state index contributed by atoms with van der Waals surface area (Å²) in [4.78, 5) is 19.2. The van der Waals surface area contributed by atoms with E-state index in [9.17, 15) is 4.79 Å². The van der Waals surface area contributed by atoms with Crippen LogP contribution in [0.15, 0.2) is 17.2 Å². The van der Waals surface area contributed by atoms with Crippen molar-refractivity contribution in [3.05, 3.63) is 22.7 Å². The summed E-state index contributed by atoms with van der Waals surface area (Å²) in [6.45, 7) is 9.98. The lowest BCUT2D eigenvalue weighted by Gasteiger charge is -2.26. The molecule has 5 nitrogen and oxygen atoms in total. The predicted molar refractivity (Wildman–Crippen MR) is 86.9 cm³/mol. The SMILES string of the molecule is CCCN(CC1CCCN1)c1nccn(CC(C)C)c1=O. The van der Waals surface area contributed by atoms with Gasteiger partial charge in [0.2, 0.25) is 0 Å². The Morgan fingerprint density at radius 1 is 1.52 bits per heavy atom. The zero-order chi connectivity index (χ0) is 15.2. The Morgan fingerprint density at radius 3 is 2.95 bits per heavy atom. The summed E-state index contributed by atoms with van der Waals surface area (Å²) >= 11 is 0. The maximum atomic E-state index is 12.6. The maximum Gasteiger partial charge on any atom is 0.293 e. The van der Waals surface area contributed by atoms with Crippen LogP contribution in [-0.4, -0.2) is 35.2 Å². The third-order valence-corrected chi connectivity index (χ3v) is 3.85. The lowest BCUT2D eigenvalue weighted by atomic mass is 10.2. The van der Waals surface area contributed by atoms with Crippen molar-refractivity contribution in [2.24, 2.45) is 5.92 Å². The van der Waals surface area contributed by atoms with Crippen molar-refractivity contribution in [1.82, 2.24) is 14.9 Å². The van der Waals surface area contributed by atoms with Crippen LogP contribution < -0.4 is 15.8 Å². The van der Waals surface area contributed by atoms with Gasteiger partial charge in [0, 0.05) is 38.1 Å². The molecule has 2 rings (SSSR count). The summed E-state index contributed by atoms with van der Waals surface area (Å²) in [5, 5.41) is 3.50. The van der Waals surface area contributed by atoms with E-state index in [1.807, 2.05) is 0 Å². The quantitative estimate of drug-likeness (QED) is 0.833. The molecule has 1 unspecified atom stereocenters. The van der Waals surface area contributed by atoms with Crippen molar-refractivity contribution in [2.45, 2.75) is 52.6 Å². The smallest absolute Gasteiger partial charge is 0.293 e. The minimum atomic E-state index is 0.0395. The molecule has 0 aromatic carbocycles. The molecule has 1 saturated heterocycles. The van der Waals surface area contributed by atoms with E-state index in [1.165, 1.54) is 12.8 Å². The number of hydrogen-bond donors (Lipinski definition) is 1. The summed E-state index contributed by atoms with van der Waals surface area (Å²) in [5.74, 6) is 1.06. The molecule has 1 fully saturated rings. The van der Waals surface area contributed by atoms with E-state index in [4.69, 9.17) is 0 Å². The fourth-order valence-corrected chi connectivity index (χ4v) is 2.92. The Labute approximate surface area is 127 Å². The molecule has 1 aliphatic heterocycles. The topological polar surface area (TPSA) is 50.2 Å². The van der Waals surface area contributed by atoms with Gasteiger partial charge in [-0.2, -0.15) is 0 Å². The molecule has 1 aliphatic rings. The van der Waals surface area contributed by atoms with Crippen LogP contribution in [0.4, 0.5) is 5.82 Å². The normalized spacial score (nSPS) is 18.4. The third kappa shape index (κ3) is 4.30. The number of rotatable bonds is 7. The van der Waals surface area contributed by atoms with Crippen LogP contribution in [0.3, 0.4) is 0 Å². The molecule has 0 bridgehead atoms. The van der Waals surface area contributed by atoms with E-state index in [2.05, 4.69) is 36.0 Å². The Kier molecular flexibility index (Phi) is 5.79. The molecule has 0 spiro atoms. The first-order chi connectivity index (χ1) is 10.1. The lowest BCUT2D eigenvalue weighted by molar-refractivity contribution is 0.505. The van der Waals surface area contributed by atoms with Gasteiger partial charge in [0.1, 0.15) is 0 Å². The van der Waals surface area contributed by atoms with Crippen LogP contribution in [0.1, 0.15) is 40.0 Å². The van der Waals surface area contributed by atoms with Gasteiger partial charge in [0.25, 0.3) is 5.56 Å². The highest BCUT2D eigenvalue weighted by atomic mass is 16.1. The van der Waals surface area contributed by atoms with Crippen LogP contribution in [0.25, 0.3) is 0 Å².